The van der Waals surface area contributed by atoms with Crippen molar-refractivity contribution in [2.24, 2.45) is 5.92 Å². The molecule has 122 valence electrons. The minimum absolute atomic E-state index is 0.233. The number of carboxylic acid groups (broad SMARTS) is 1. The quantitative estimate of drug-likeness (QED) is 0.523. The van der Waals surface area contributed by atoms with E-state index in [0.717, 1.165) is 31.8 Å². The van der Waals surface area contributed by atoms with Crippen LogP contribution < -0.4 is 0 Å². The van der Waals surface area contributed by atoms with Gasteiger partial charge in [0.1, 0.15) is 0 Å². The fourth-order valence-electron chi connectivity index (χ4n) is 2.85. The fraction of sp³-hybridized carbons (Fsp3) is 0.812. The maximum Gasteiger partial charge on any atom is 0.407 e. The van der Waals surface area contributed by atoms with Crippen molar-refractivity contribution >= 4 is 17.9 Å². The highest BCUT2D eigenvalue weighted by atomic mass is 32.2. The van der Waals surface area contributed by atoms with E-state index in [0.29, 0.717) is 0 Å². The van der Waals surface area contributed by atoms with Gasteiger partial charge in [0.05, 0.1) is 0 Å². The van der Waals surface area contributed by atoms with Crippen molar-refractivity contribution in [3.8, 4) is 0 Å². The summed E-state index contributed by atoms with van der Waals surface area (Å²) in [6.07, 6.45) is 6.77. The van der Waals surface area contributed by atoms with Crippen molar-refractivity contribution in [2.45, 2.75) is 38.1 Å². The third-order valence-corrected chi connectivity index (χ3v) is 5.57. The molecule has 0 unspecified atom stereocenters. The molecule has 4 nitrogen and oxygen atoms in total. The Morgan fingerprint density at radius 1 is 1.33 bits per heavy atom. The summed E-state index contributed by atoms with van der Waals surface area (Å²) in [6, 6.07) is 0.233. The average molecular weight is 314 g/mol. The second-order valence-corrected chi connectivity index (χ2v) is 7.20. The van der Waals surface area contributed by atoms with Gasteiger partial charge in [0, 0.05) is 19.6 Å². The van der Waals surface area contributed by atoms with Crippen LogP contribution in [0.3, 0.4) is 0 Å². The lowest BCUT2D eigenvalue weighted by Gasteiger charge is -2.33. The largest absolute Gasteiger partial charge is 0.465 e. The molecular weight excluding hydrogens is 284 g/mol. The van der Waals surface area contributed by atoms with Gasteiger partial charge in [-0.25, -0.2) is 4.79 Å². The molecular formula is C16H30N2O2S. The fourth-order valence-corrected chi connectivity index (χ4v) is 4.02. The van der Waals surface area contributed by atoms with Gasteiger partial charge in [0.25, 0.3) is 0 Å². The summed E-state index contributed by atoms with van der Waals surface area (Å²) in [6.45, 7) is 5.85. The normalized spacial score (nSPS) is 22.2. The third kappa shape index (κ3) is 7.23. The van der Waals surface area contributed by atoms with Crippen molar-refractivity contribution in [1.29, 1.82) is 0 Å². The van der Waals surface area contributed by atoms with E-state index in [1.54, 1.807) is 7.05 Å². The second-order valence-electron chi connectivity index (χ2n) is 6.05. The Balaban J connectivity index is 2.05. The minimum atomic E-state index is -0.795. The maximum absolute atomic E-state index is 10.9. The highest BCUT2D eigenvalue weighted by Crippen LogP contribution is 2.29. The van der Waals surface area contributed by atoms with Crippen LogP contribution in [0, 0.1) is 5.92 Å². The van der Waals surface area contributed by atoms with Gasteiger partial charge < -0.3 is 14.9 Å². The number of thioether (sulfide) groups is 1. The molecule has 0 aromatic carbocycles. The van der Waals surface area contributed by atoms with E-state index in [2.05, 4.69) is 30.3 Å². The molecule has 1 N–H and O–H groups in total. The molecule has 1 fully saturated rings. The molecule has 0 radical (unpaired) electrons. The number of likely N-dealkylation sites (N-methyl/N-ethyl adjacent to an activating group) is 1. The standard InChI is InChI=1S/C16H30N2O2S/c1-4-10-17(2)11-5-12-21-13-14-6-8-15(9-7-14)18(3)16(19)20/h4,14-15H,1,5-13H2,2-3H3,(H,19,20). The van der Waals surface area contributed by atoms with Gasteiger partial charge in [0.2, 0.25) is 0 Å². The van der Waals surface area contributed by atoms with E-state index in [1.807, 2.05) is 6.08 Å². The Morgan fingerprint density at radius 3 is 2.57 bits per heavy atom. The molecule has 1 amide bonds. The number of amides is 1. The van der Waals surface area contributed by atoms with Crippen LogP contribution in [0.1, 0.15) is 32.1 Å². The summed E-state index contributed by atoms with van der Waals surface area (Å²) in [4.78, 5) is 14.7. The van der Waals surface area contributed by atoms with Gasteiger partial charge in [-0.2, -0.15) is 11.8 Å². The molecule has 0 spiro atoms. The molecule has 0 bridgehead atoms. The molecule has 1 aliphatic rings. The molecule has 21 heavy (non-hydrogen) atoms. The lowest BCUT2D eigenvalue weighted by Crippen LogP contribution is -2.38. The van der Waals surface area contributed by atoms with Gasteiger partial charge in [-0.15, -0.1) is 6.58 Å². The molecule has 1 aliphatic carbocycles. The van der Waals surface area contributed by atoms with E-state index in [-0.39, 0.29) is 6.04 Å². The van der Waals surface area contributed by atoms with Crippen LogP contribution in [0.15, 0.2) is 12.7 Å². The summed E-state index contributed by atoms with van der Waals surface area (Å²) in [5.41, 5.74) is 0. The van der Waals surface area contributed by atoms with Crippen LogP contribution in [0.2, 0.25) is 0 Å². The SMILES string of the molecule is C=CCN(C)CCCSCC1CCC(N(C)C(=O)O)CC1. The molecule has 0 aliphatic heterocycles. The monoisotopic (exact) mass is 314 g/mol. The summed E-state index contributed by atoms with van der Waals surface area (Å²) in [5, 5.41) is 9.00. The van der Waals surface area contributed by atoms with E-state index >= 15 is 0 Å². The Labute approximate surface area is 133 Å². The molecule has 0 aromatic heterocycles. The molecule has 0 saturated heterocycles. The molecule has 5 heteroatoms. The van der Waals surface area contributed by atoms with Crippen LogP contribution in [-0.4, -0.2) is 65.7 Å². The lowest BCUT2D eigenvalue weighted by molar-refractivity contribution is 0.121. The average Bonchev–Trinajstić information content (AvgIpc) is 2.47. The third-order valence-electron chi connectivity index (χ3n) is 4.29. The maximum atomic E-state index is 10.9. The van der Waals surface area contributed by atoms with Crippen molar-refractivity contribution in [2.75, 3.05) is 38.7 Å². The predicted molar refractivity (Wildman–Crippen MR) is 91.2 cm³/mol. The smallest absolute Gasteiger partial charge is 0.407 e. The summed E-state index contributed by atoms with van der Waals surface area (Å²) in [7, 11) is 3.83. The molecule has 0 atom stereocenters. The van der Waals surface area contributed by atoms with Crippen molar-refractivity contribution < 1.29 is 9.90 Å². The highest BCUT2D eigenvalue weighted by Gasteiger charge is 2.26. The van der Waals surface area contributed by atoms with Crippen LogP contribution in [0.25, 0.3) is 0 Å². The summed E-state index contributed by atoms with van der Waals surface area (Å²) >= 11 is 2.05. The zero-order valence-electron chi connectivity index (χ0n) is 13.5. The van der Waals surface area contributed by atoms with Crippen molar-refractivity contribution in [1.82, 2.24) is 9.80 Å². The molecule has 1 rings (SSSR count). The van der Waals surface area contributed by atoms with E-state index in [9.17, 15) is 4.79 Å². The number of carbonyl (C=O) groups is 1. The van der Waals surface area contributed by atoms with E-state index in [4.69, 9.17) is 5.11 Å². The number of rotatable bonds is 9. The predicted octanol–water partition coefficient (Wildman–Crippen LogP) is 3.40. The number of hydrogen-bond donors (Lipinski definition) is 1. The van der Waals surface area contributed by atoms with Crippen LogP contribution in [0.4, 0.5) is 4.79 Å². The lowest BCUT2D eigenvalue weighted by atomic mass is 9.87. The minimum Gasteiger partial charge on any atom is -0.465 e. The van der Waals surface area contributed by atoms with E-state index < -0.39 is 6.09 Å². The van der Waals surface area contributed by atoms with Crippen molar-refractivity contribution in [3.63, 3.8) is 0 Å². The Bertz CT molecular complexity index is 317. The Morgan fingerprint density at radius 2 is 2.00 bits per heavy atom. The van der Waals surface area contributed by atoms with Gasteiger partial charge in [-0.05, 0) is 63.1 Å². The van der Waals surface area contributed by atoms with Gasteiger partial charge in [0.15, 0.2) is 0 Å². The molecule has 0 aromatic rings. The number of nitrogens with zero attached hydrogens (tertiary/aromatic N) is 2. The first-order valence-electron chi connectivity index (χ1n) is 7.87. The zero-order valence-corrected chi connectivity index (χ0v) is 14.3. The second kappa shape index (κ2) is 10.1. The topological polar surface area (TPSA) is 43.8 Å². The first kappa shape index (κ1) is 18.4. The Hall–Kier alpha value is -0.680. The van der Waals surface area contributed by atoms with Crippen LogP contribution >= 0.6 is 11.8 Å². The first-order valence-corrected chi connectivity index (χ1v) is 9.03. The van der Waals surface area contributed by atoms with Crippen molar-refractivity contribution in [3.05, 3.63) is 12.7 Å². The van der Waals surface area contributed by atoms with E-state index in [1.165, 1.54) is 35.7 Å². The molecule has 1 saturated carbocycles. The highest BCUT2D eigenvalue weighted by molar-refractivity contribution is 7.99. The molecule has 0 heterocycles. The van der Waals surface area contributed by atoms with Gasteiger partial charge >= 0.3 is 6.09 Å². The number of hydrogen-bond acceptors (Lipinski definition) is 3. The Kier molecular flexibility index (Phi) is 8.85. The summed E-state index contributed by atoms with van der Waals surface area (Å²) < 4.78 is 0. The zero-order chi connectivity index (χ0) is 15.7. The first-order chi connectivity index (χ1) is 10.0. The van der Waals surface area contributed by atoms with Gasteiger partial charge in [-0.3, -0.25) is 0 Å². The van der Waals surface area contributed by atoms with Crippen LogP contribution in [0.5, 0.6) is 0 Å². The van der Waals surface area contributed by atoms with Crippen LogP contribution in [-0.2, 0) is 0 Å². The summed E-state index contributed by atoms with van der Waals surface area (Å²) in [5.74, 6) is 3.23. The van der Waals surface area contributed by atoms with Gasteiger partial charge in [-0.1, -0.05) is 6.08 Å².